The fourth-order valence-corrected chi connectivity index (χ4v) is 3.21. The van der Waals surface area contributed by atoms with Gasteiger partial charge in [-0.1, -0.05) is 0 Å². The number of carbonyl (C=O) groups is 1. The van der Waals surface area contributed by atoms with Crippen molar-refractivity contribution in [1.82, 2.24) is 9.88 Å². The Hall–Kier alpha value is -1.62. The van der Waals surface area contributed by atoms with Gasteiger partial charge in [-0.3, -0.25) is 4.79 Å². The van der Waals surface area contributed by atoms with Gasteiger partial charge in [0.25, 0.3) is 5.91 Å². The van der Waals surface area contributed by atoms with Gasteiger partial charge in [-0.05, 0) is 44.2 Å². The number of amides is 1. The van der Waals surface area contributed by atoms with E-state index in [-0.39, 0.29) is 5.91 Å². The zero-order valence-corrected chi connectivity index (χ0v) is 10.5. The van der Waals surface area contributed by atoms with Crippen LogP contribution in [0.3, 0.4) is 0 Å². The summed E-state index contributed by atoms with van der Waals surface area (Å²) in [5.41, 5.74) is 3.99. The van der Waals surface area contributed by atoms with Crippen LogP contribution < -0.4 is 11.3 Å². The molecule has 2 heterocycles. The number of nitrogens with two attached hydrogens (primary N) is 1. The lowest BCUT2D eigenvalue weighted by molar-refractivity contribution is 0.0703. The summed E-state index contributed by atoms with van der Waals surface area (Å²) in [5, 5.41) is 0. The molecule has 18 heavy (non-hydrogen) atoms. The predicted molar refractivity (Wildman–Crippen MR) is 68.9 cm³/mol. The van der Waals surface area contributed by atoms with E-state index in [9.17, 15) is 4.79 Å². The summed E-state index contributed by atoms with van der Waals surface area (Å²) in [5.74, 6) is 6.74. The van der Waals surface area contributed by atoms with Gasteiger partial charge in [-0.2, -0.15) is 0 Å². The number of hydrogen-bond acceptors (Lipinski definition) is 4. The molecule has 3 N–H and O–H groups in total. The topological polar surface area (TPSA) is 71.2 Å². The zero-order valence-electron chi connectivity index (χ0n) is 10.5. The number of anilines is 1. The highest BCUT2D eigenvalue weighted by Crippen LogP contribution is 2.38. The molecule has 3 rings (SSSR count). The summed E-state index contributed by atoms with van der Waals surface area (Å²) in [7, 11) is 0. The molecule has 2 atom stereocenters. The molecule has 1 amide bonds. The highest BCUT2D eigenvalue weighted by molar-refractivity contribution is 5.95. The molecule has 0 spiro atoms. The fourth-order valence-electron chi connectivity index (χ4n) is 3.21. The van der Waals surface area contributed by atoms with Gasteiger partial charge in [-0.15, -0.1) is 0 Å². The van der Waals surface area contributed by atoms with Gasteiger partial charge in [0.15, 0.2) is 0 Å². The van der Waals surface area contributed by atoms with E-state index in [1.165, 1.54) is 12.8 Å². The second-order valence-corrected chi connectivity index (χ2v) is 5.32. The number of nitrogens with one attached hydrogen (secondary N) is 1. The minimum atomic E-state index is 0.115. The van der Waals surface area contributed by atoms with Crippen LogP contribution in [0.2, 0.25) is 0 Å². The molecule has 1 saturated carbocycles. The number of hydrazine groups is 1. The standard InChI is InChI=1S/C13H18N4O/c1-8-4-10(6-12(15-8)16-14)13(18)17-7-9-2-3-11(17)5-9/h4,6,9,11H,2-3,5,7,14H2,1H3,(H,15,16). The van der Waals surface area contributed by atoms with Crippen LogP contribution >= 0.6 is 0 Å². The molecule has 2 bridgehead atoms. The molecule has 0 radical (unpaired) electrons. The number of piperidine rings is 1. The Labute approximate surface area is 106 Å². The molecule has 0 aromatic carbocycles. The summed E-state index contributed by atoms with van der Waals surface area (Å²) in [6.45, 7) is 2.78. The smallest absolute Gasteiger partial charge is 0.254 e. The molecule has 1 aliphatic carbocycles. The maximum atomic E-state index is 12.5. The third-order valence-corrected chi connectivity index (χ3v) is 4.02. The molecule has 2 unspecified atom stereocenters. The first-order valence-corrected chi connectivity index (χ1v) is 6.43. The Morgan fingerprint density at radius 1 is 1.50 bits per heavy atom. The first-order valence-electron chi connectivity index (χ1n) is 6.43. The van der Waals surface area contributed by atoms with Crippen LogP contribution in [-0.2, 0) is 0 Å². The highest BCUT2D eigenvalue weighted by Gasteiger charge is 2.40. The number of likely N-dealkylation sites (tertiary alicyclic amines) is 1. The van der Waals surface area contributed by atoms with Crippen LogP contribution in [0, 0.1) is 12.8 Å². The lowest BCUT2D eigenvalue weighted by atomic mass is 10.1. The Kier molecular flexibility index (Phi) is 2.70. The third-order valence-electron chi connectivity index (χ3n) is 4.02. The van der Waals surface area contributed by atoms with Crippen molar-refractivity contribution in [3.63, 3.8) is 0 Å². The molecule has 1 aliphatic heterocycles. The summed E-state index contributed by atoms with van der Waals surface area (Å²) < 4.78 is 0. The van der Waals surface area contributed by atoms with Crippen molar-refractivity contribution in [1.29, 1.82) is 0 Å². The van der Waals surface area contributed by atoms with Crippen LogP contribution in [-0.4, -0.2) is 28.4 Å². The number of aromatic nitrogens is 1. The number of pyridine rings is 1. The lowest BCUT2D eigenvalue weighted by Gasteiger charge is -2.27. The van der Waals surface area contributed by atoms with Crippen LogP contribution in [0.5, 0.6) is 0 Å². The largest absolute Gasteiger partial charge is 0.335 e. The van der Waals surface area contributed by atoms with Gasteiger partial charge in [-0.25, -0.2) is 10.8 Å². The van der Waals surface area contributed by atoms with Crippen LogP contribution in [0.25, 0.3) is 0 Å². The lowest BCUT2D eigenvalue weighted by Crippen LogP contribution is -2.37. The van der Waals surface area contributed by atoms with E-state index in [1.807, 2.05) is 17.9 Å². The first-order chi connectivity index (χ1) is 8.67. The van der Waals surface area contributed by atoms with Gasteiger partial charge in [0.05, 0.1) is 0 Å². The Morgan fingerprint density at radius 3 is 2.94 bits per heavy atom. The number of rotatable bonds is 2. The number of nitrogen functional groups attached to an aromatic ring is 1. The highest BCUT2D eigenvalue weighted by atomic mass is 16.2. The van der Waals surface area contributed by atoms with Gasteiger partial charge in [0, 0.05) is 23.8 Å². The molecule has 1 saturated heterocycles. The van der Waals surface area contributed by atoms with Crippen molar-refractivity contribution in [2.24, 2.45) is 11.8 Å². The molecule has 5 heteroatoms. The van der Waals surface area contributed by atoms with Crippen molar-refractivity contribution in [2.75, 3.05) is 12.0 Å². The van der Waals surface area contributed by atoms with Crippen molar-refractivity contribution < 1.29 is 4.79 Å². The van der Waals surface area contributed by atoms with E-state index in [2.05, 4.69) is 10.4 Å². The average Bonchev–Trinajstić information content (AvgIpc) is 2.99. The van der Waals surface area contributed by atoms with Gasteiger partial charge >= 0.3 is 0 Å². The zero-order chi connectivity index (χ0) is 12.7. The number of fused-ring (bicyclic) bond motifs is 2. The molecule has 5 nitrogen and oxygen atoms in total. The second-order valence-electron chi connectivity index (χ2n) is 5.32. The number of aryl methyl sites for hydroxylation is 1. The molecular formula is C13H18N4O. The van der Waals surface area contributed by atoms with E-state index in [4.69, 9.17) is 5.84 Å². The molecule has 2 fully saturated rings. The third kappa shape index (κ3) is 1.84. The monoisotopic (exact) mass is 246 g/mol. The van der Waals surface area contributed by atoms with Crippen molar-refractivity contribution >= 4 is 11.7 Å². The molecule has 96 valence electrons. The molecule has 1 aromatic rings. The van der Waals surface area contributed by atoms with E-state index in [0.29, 0.717) is 23.3 Å². The van der Waals surface area contributed by atoms with Gasteiger partial charge in [0.1, 0.15) is 5.82 Å². The van der Waals surface area contributed by atoms with E-state index in [1.54, 1.807) is 6.07 Å². The van der Waals surface area contributed by atoms with Crippen LogP contribution in [0.1, 0.15) is 35.3 Å². The Morgan fingerprint density at radius 2 is 2.33 bits per heavy atom. The quantitative estimate of drug-likeness (QED) is 0.609. The SMILES string of the molecule is Cc1cc(C(=O)N2CC3CCC2C3)cc(NN)n1. The minimum Gasteiger partial charge on any atom is -0.335 e. The maximum Gasteiger partial charge on any atom is 0.254 e. The molecule has 1 aromatic heterocycles. The normalized spacial score (nSPS) is 25.6. The van der Waals surface area contributed by atoms with Crippen molar-refractivity contribution in [2.45, 2.75) is 32.2 Å². The van der Waals surface area contributed by atoms with Crippen LogP contribution in [0.4, 0.5) is 5.82 Å². The first kappa shape index (κ1) is 11.5. The number of nitrogens with zero attached hydrogens (tertiary/aromatic N) is 2. The van der Waals surface area contributed by atoms with Crippen molar-refractivity contribution in [3.8, 4) is 0 Å². The fraction of sp³-hybridized carbons (Fsp3) is 0.538. The average molecular weight is 246 g/mol. The van der Waals surface area contributed by atoms with Gasteiger partial charge < -0.3 is 10.3 Å². The summed E-state index contributed by atoms with van der Waals surface area (Å²) >= 11 is 0. The summed E-state index contributed by atoms with van der Waals surface area (Å²) in [4.78, 5) is 18.7. The van der Waals surface area contributed by atoms with Crippen LogP contribution in [0.15, 0.2) is 12.1 Å². The minimum absolute atomic E-state index is 0.115. The number of hydrogen-bond donors (Lipinski definition) is 2. The predicted octanol–water partition coefficient (Wildman–Crippen LogP) is 1.30. The summed E-state index contributed by atoms with van der Waals surface area (Å²) in [6.07, 6.45) is 3.61. The van der Waals surface area contributed by atoms with Crippen molar-refractivity contribution in [3.05, 3.63) is 23.4 Å². The second kappa shape index (κ2) is 4.24. The molecular weight excluding hydrogens is 228 g/mol. The molecule has 2 aliphatic rings. The van der Waals surface area contributed by atoms with Gasteiger partial charge in [0.2, 0.25) is 0 Å². The van der Waals surface area contributed by atoms with E-state index < -0.39 is 0 Å². The van der Waals surface area contributed by atoms with E-state index >= 15 is 0 Å². The Balaban J connectivity index is 1.86. The van der Waals surface area contributed by atoms with E-state index in [0.717, 1.165) is 18.7 Å². The Bertz CT molecular complexity index is 488. The maximum absolute atomic E-state index is 12.5. The number of carbonyl (C=O) groups excluding carboxylic acids is 1. The summed E-state index contributed by atoms with van der Waals surface area (Å²) in [6, 6.07) is 4.00.